The van der Waals surface area contributed by atoms with E-state index >= 15 is 0 Å². The van der Waals surface area contributed by atoms with Crippen molar-refractivity contribution in [2.24, 2.45) is 0 Å². The van der Waals surface area contributed by atoms with Crippen LogP contribution in [0, 0.1) is 0 Å². The van der Waals surface area contributed by atoms with E-state index in [4.69, 9.17) is 30.5 Å². The molecule has 200 valence electrons. The second kappa shape index (κ2) is 13.3. The van der Waals surface area contributed by atoms with Crippen molar-refractivity contribution in [2.45, 2.75) is 19.6 Å². The number of ether oxygens (including phenoxy) is 4. The smallest absolute Gasteiger partial charge is 0.339 e. The van der Waals surface area contributed by atoms with Gasteiger partial charge < -0.3 is 29.2 Å². The van der Waals surface area contributed by atoms with Gasteiger partial charge in [-0.2, -0.15) is 0 Å². The zero-order valence-corrected chi connectivity index (χ0v) is 22.3. The SMILES string of the molecule is COc1ccc(Cl)cc1NC(=O)COc1ccc(C(=O)O[C@@H](C)C(=O)N(C)Cc2ccccc2)cc1OC. The van der Waals surface area contributed by atoms with Gasteiger partial charge in [-0.3, -0.25) is 9.59 Å². The summed E-state index contributed by atoms with van der Waals surface area (Å²) in [5, 5.41) is 3.11. The van der Waals surface area contributed by atoms with Gasteiger partial charge in [0.25, 0.3) is 11.8 Å². The Bertz CT molecular complexity index is 1280. The Labute approximate surface area is 226 Å². The molecule has 2 amide bonds. The van der Waals surface area contributed by atoms with Crippen LogP contribution in [0.1, 0.15) is 22.8 Å². The van der Waals surface area contributed by atoms with Crippen LogP contribution in [0.25, 0.3) is 0 Å². The molecular weight excluding hydrogens is 512 g/mol. The highest BCUT2D eigenvalue weighted by Crippen LogP contribution is 2.30. The van der Waals surface area contributed by atoms with Crippen LogP contribution in [0.15, 0.2) is 66.7 Å². The van der Waals surface area contributed by atoms with E-state index in [1.54, 1.807) is 25.2 Å². The zero-order chi connectivity index (χ0) is 27.7. The summed E-state index contributed by atoms with van der Waals surface area (Å²) in [6, 6.07) is 18.7. The number of methoxy groups -OCH3 is 2. The molecule has 0 aliphatic heterocycles. The highest BCUT2D eigenvalue weighted by molar-refractivity contribution is 6.31. The van der Waals surface area contributed by atoms with Crippen molar-refractivity contribution in [1.82, 2.24) is 4.90 Å². The van der Waals surface area contributed by atoms with Crippen LogP contribution in [0.5, 0.6) is 17.2 Å². The van der Waals surface area contributed by atoms with Gasteiger partial charge in [0.2, 0.25) is 0 Å². The monoisotopic (exact) mass is 540 g/mol. The minimum absolute atomic E-state index is 0.160. The molecule has 0 bridgehead atoms. The van der Waals surface area contributed by atoms with Crippen LogP contribution < -0.4 is 19.5 Å². The molecule has 38 heavy (non-hydrogen) atoms. The van der Waals surface area contributed by atoms with E-state index in [-0.39, 0.29) is 29.6 Å². The second-order valence-electron chi connectivity index (χ2n) is 8.27. The molecule has 1 atom stereocenters. The van der Waals surface area contributed by atoms with Crippen molar-refractivity contribution in [3.8, 4) is 17.2 Å². The standard InChI is InChI=1S/C28H29ClN2O7/c1-18(27(33)31(2)16-19-8-6-5-7-9-19)38-28(34)20-10-12-24(25(14-20)36-4)37-17-26(32)30-22-15-21(29)11-13-23(22)35-3/h5-15,18H,16-17H2,1-4H3,(H,30,32)/t18-/m0/s1. The number of nitrogens with one attached hydrogen (secondary N) is 1. The first-order valence-electron chi connectivity index (χ1n) is 11.7. The number of carbonyl (C=O) groups excluding carboxylic acids is 3. The van der Waals surface area contributed by atoms with Gasteiger partial charge in [0.05, 0.1) is 25.5 Å². The van der Waals surface area contributed by atoms with Gasteiger partial charge in [-0.15, -0.1) is 0 Å². The molecule has 10 heteroatoms. The molecule has 0 aliphatic rings. The molecule has 0 saturated heterocycles. The molecule has 3 rings (SSSR count). The number of amides is 2. The Hall–Kier alpha value is -4.24. The van der Waals surface area contributed by atoms with E-state index in [9.17, 15) is 14.4 Å². The molecular formula is C28H29ClN2O7. The van der Waals surface area contributed by atoms with Crippen LogP contribution >= 0.6 is 11.6 Å². The molecule has 1 N–H and O–H groups in total. The molecule has 9 nitrogen and oxygen atoms in total. The van der Waals surface area contributed by atoms with Crippen LogP contribution in [0.2, 0.25) is 5.02 Å². The number of carbonyl (C=O) groups is 3. The topological polar surface area (TPSA) is 103 Å². The first-order chi connectivity index (χ1) is 18.2. The molecule has 3 aromatic rings. The third-order valence-electron chi connectivity index (χ3n) is 5.46. The first-order valence-corrected chi connectivity index (χ1v) is 12.0. The summed E-state index contributed by atoms with van der Waals surface area (Å²) >= 11 is 5.99. The van der Waals surface area contributed by atoms with Crippen molar-refractivity contribution in [2.75, 3.05) is 33.2 Å². The van der Waals surface area contributed by atoms with Gasteiger partial charge in [-0.05, 0) is 48.9 Å². The van der Waals surface area contributed by atoms with Crippen LogP contribution in [0.4, 0.5) is 5.69 Å². The van der Waals surface area contributed by atoms with Gasteiger partial charge in [-0.1, -0.05) is 41.9 Å². The zero-order valence-electron chi connectivity index (χ0n) is 21.5. The fourth-order valence-electron chi connectivity index (χ4n) is 3.55. The Balaban J connectivity index is 1.58. The van der Waals surface area contributed by atoms with Gasteiger partial charge >= 0.3 is 5.97 Å². The van der Waals surface area contributed by atoms with Crippen molar-refractivity contribution in [3.05, 3.63) is 82.9 Å². The Morgan fingerprint density at radius 2 is 1.61 bits per heavy atom. The van der Waals surface area contributed by atoms with Gasteiger partial charge in [0.15, 0.2) is 24.2 Å². The average Bonchev–Trinajstić information content (AvgIpc) is 2.91. The number of hydrogen-bond donors (Lipinski definition) is 1. The number of halogens is 1. The Morgan fingerprint density at radius 3 is 2.29 bits per heavy atom. The lowest BCUT2D eigenvalue weighted by atomic mass is 10.2. The van der Waals surface area contributed by atoms with Crippen LogP contribution in [0.3, 0.4) is 0 Å². The number of likely N-dealkylation sites (N-methyl/N-ethyl adjacent to an activating group) is 1. The summed E-state index contributed by atoms with van der Waals surface area (Å²) in [7, 11) is 4.53. The van der Waals surface area contributed by atoms with E-state index in [0.717, 1.165) is 5.56 Å². The van der Waals surface area contributed by atoms with Crippen molar-refractivity contribution < 1.29 is 33.3 Å². The summed E-state index contributed by atoms with van der Waals surface area (Å²) in [6.07, 6.45) is -0.995. The van der Waals surface area contributed by atoms with Crippen molar-refractivity contribution in [3.63, 3.8) is 0 Å². The maximum absolute atomic E-state index is 12.7. The lowest BCUT2D eigenvalue weighted by Gasteiger charge is -2.21. The van der Waals surface area contributed by atoms with E-state index < -0.39 is 18.0 Å². The predicted molar refractivity (Wildman–Crippen MR) is 143 cm³/mol. The van der Waals surface area contributed by atoms with Crippen molar-refractivity contribution in [1.29, 1.82) is 0 Å². The highest BCUT2D eigenvalue weighted by Gasteiger charge is 2.23. The summed E-state index contributed by atoms with van der Waals surface area (Å²) in [5.74, 6) is -0.590. The van der Waals surface area contributed by atoms with Gasteiger partial charge in [0, 0.05) is 18.6 Å². The predicted octanol–water partition coefficient (Wildman–Crippen LogP) is 4.58. The molecule has 0 aliphatic carbocycles. The lowest BCUT2D eigenvalue weighted by Crippen LogP contribution is -2.37. The minimum Gasteiger partial charge on any atom is -0.495 e. The molecule has 0 spiro atoms. The third-order valence-corrected chi connectivity index (χ3v) is 5.70. The Morgan fingerprint density at radius 1 is 0.921 bits per heavy atom. The molecule has 0 saturated carbocycles. The average molecular weight is 541 g/mol. The lowest BCUT2D eigenvalue weighted by molar-refractivity contribution is -0.139. The maximum atomic E-state index is 12.7. The Kier molecular flexibility index (Phi) is 9.95. The molecule has 0 radical (unpaired) electrons. The van der Waals surface area contributed by atoms with Gasteiger partial charge in [0.1, 0.15) is 5.75 Å². The molecule has 0 fully saturated rings. The number of rotatable bonds is 11. The van der Waals surface area contributed by atoms with Crippen LogP contribution in [-0.2, 0) is 20.9 Å². The summed E-state index contributed by atoms with van der Waals surface area (Å²) in [6.45, 7) is 1.57. The van der Waals surface area contributed by atoms with Crippen LogP contribution in [-0.4, -0.2) is 56.7 Å². The quantitative estimate of drug-likeness (QED) is 0.355. The molecule has 0 unspecified atom stereocenters. The fraction of sp³-hybridized carbons (Fsp3) is 0.250. The van der Waals surface area contributed by atoms with E-state index in [2.05, 4.69) is 5.32 Å². The summed E-state index contributed by atoms with van der Waals surface area (Å²) in [5.41, 5.74) is 1.52. The van der Waals surface area contributed by atoms with Gasteiger partial charge in [-0.25, -0.2) is 4.79 Å². The normalized spacial score (nSPS) is 11.2. The number of anilines is 1. The largest absolute Gasteiger partial charge is 0.495 e. The summed E-state index contributed by atoms with van der Waals surface area (Å²) in [4.78, 5) is 39.3. The minimum atomic E-state index is -0.995. The molecule has 0 heterocycles. The number of nitrogens with zero attached hydrogens (tertiary/aromatic N) is 1. The number of esters is 1. The molecule has 3 aromatic carbocycles. The summed E-state index contributed by atoms with van der Waals surface area (Å²) < 4.78 is 21.5. The number of hydrogen-bond acceptors (Lipinski definition) is 7. The fourth-order valence-corrected chi connectivity index (χ4v) is 3.72. The third kappa shape index (κ3) is 7.63. The van der Waals surface area contributed by atoms with E-state index in [1.807, 2.05) is 30.3 Å². The second-order valence-corrected chi connectivity index (χ2v) is 8.71. The maximum Gasteiger partial charge on any atom is 0.339 e. The molecule has 0 aromatic heterocycles. The highest BCUT2D eigenvalue weighted by atomic mass is 35.5. The van der Waals surface area contributed by atoms with E-state index in [0.29, 0.717) is 23.0 Å². The van der Waals surface area contributed by atoms with Crippen molar-refractivity contribution >= 4 is 35.1 Å². The first kappa shape index (κ1) is 28.3. The number of benzene rings is 3. The van der Waals surface area contributed by atoms with E-state index in [1.165, 1.54) is 44.2 Å².